The molecule has 0 aliphatic heterocycles. The Hall–Kier alpha value is -1.57. The highest BCUT2D eigenvalue weighted by atomic mass is 35.5. The van der Waals surface area contributed by atoms with Crippen LogP contribution in [0.3, 0.4) is 0 Å². The SMILES string of the molecule is N#Cc1cc(NC(=O)C2CC2N)ccc1Cl. The molecule has 0 radical (unpaired) electrons. The number of benzene rings is 1. The minimum absolute atomic E-state index is 0.0252. The van der Waals surface area contributed by atoms with Crippen molar-refractivity contribution in [2.45, 2.75) is 12.5 Å². The fraction of sp³-hybridized carbons (Fsp3) is 0.273. The molecule has 1 aromatic rings. The van der Waals surface area contributed by atoms with Gasteiger partial charge < -0.3 is 11.1 Å². The van der Waals surface area contributed by atoms with Crippen molar-refractivity contribution >= 4 is 23.2 Å². The smallest absolute Gasteiger partial charge is 0.229 e. The molecule has 0 spiro atoms. The molecule has 2 unspecified atom stereocenters. The van der Waals surface area contributed by atoms with Gasteiger partial charge in [-0.25, -0.2) is 0 Å². The molecule has 0 bridgehead atoms. The molecule has 2 atom stereocenters. The molecular formula is C11H10ClN3O. The number of amides is 1. The van der Waals surface area contributed by atoms with Gasteiger partial charge in [0.1, 0.15) is 6.07 Å². The Balaban J connectivity index is 2.10. The summed E-state index contributed by atoms with van der Waals surface area (Å²) in [5.41, 5.74) is 6.49. The van der Waals surface area contributed by atoms with Crippen molar-refractivity contribution in [3.63, 3.8) is 0 Å². The summed E-state index contributed by atoms with van der Waals surface area (Å²) in [6.07, 6.45) is 0.727. The largest absolute Gasteiger partial charge is 0.327 e. The minimum atomic E-state index is -0.0984. The maximum absolute atomic E-state index is 11.6. The summed E-state index contributed by atoms with van der Waals surface area (Å²) < 4.78 is 0. The zero-order chi connectivity index (χ0) is 11.7. The number of nitrogens with zero attached hydrogens (tertiary/aromatic N) is 1. The Kier molecular flexibility index (Phi) is 2.82. The second kappa shape index (κ2) is 4.12. The van der Waals surface area contributed by atoms with Crippen molar-refractivity contribution in [3.05, 3.63) is 28.8 Å². The predicted octanol–water partition coefficient (Wildman–Crippen LogP) is 1.50. The molecule has 0 aromatic heterocycles. The zero-order valence-electron chi connectivity index (χ0n) is 8.40. The van der Waals surface area contributed by atoms with Crippen LogP contribution in [0.2, 0.25) is 5.02 Å². The number of hydrogen-bond donors (Lipinski definition) is 2. The first-order chi connectivity index (χ1) is 7.61. The lowest BCUT2D eigenvalue weighted by atomic mass is 10.2. The molecular weight excluding hydrogens is 226 g/mol. The van der Waals surface area contributed by atoms with Crippen LogP contribution >= 0.6 is 11.6 Å². The van der Waals surface area contributed by atoms with Crippen LogP contribution in [0.4, 0.5) is 5.69 Å². The Morgan fingerprint density at radius 2 is 2.31 bits per heavy atom. The molecule has 5 heteroatoms. The van der Waals surface area contributed by atoms with Gasteiger partial charge >= 0.3 is 0 Å². The average Bonchev–Trinajstić information content (AvgIpc) is 2.98. The summed E-state index contributed by atoms with van der Waals surface area (Å²) >= 11 is 5.78. The van der Waals surface area contributed by atoms with Gasteiger partial charge in [0.25, 0.3) is 0 Å². The topological polar surface area (TPSA) is 78.9 Å². The number of carbonyl (C=O) groups is 1. The third-order valence-electron chi connectivity index (χ3n) is 2.53. The second-order valence-electron chi connectivity index (χ2n) is 3.80. The van der Waals surface area contributed by atoms with Gasteiger partial charge in [0, 0.05) is 11.7 Å². The van der Waals surface area contributed by atoms with Gasteiger partial charge in [-0.2, -0.15) is 5.26 Å². The van der Waals surface area contributed by atoms with Gasteiger partial charge in [-0.05, 0) is 24.6 Å². The molecule has 0 heterocycles. The minimum Gasteiger partial charge on any atom is -0.327 e. The Morgan fingerprint density at radius 1 is 1.62 bits per heavy atom. The molecule has 82 valence electrons. The molecule has 0 saturated heterocycles. The molecule has 4 nitrogen and oxygen atoms in total. The van der Waals surface area contributed by atoms with Crippen LogP contribution in [0, 0.1) is 17.2 Å². The van der Waals surface area contributed by atoms with Crippen LogP contribution in [0.15, 0.2) is 18.2 Å². The third-order valence-corrected chi connectivity index (χ3v) is 2.86. The lowest BCUT2D eigenvalue weighted by Gasteiger charge is -2.05. The molecule has 2 rings (SSSR count). The fourth-order valence-corrected chi connectivity index (χ4v) is 1.60. The quantitative estimate of drug-likeness (QED) is 0.815. The first-order valence-electron chi connectivity index (χ1n) is 4.88. The van der Waals surface area contributed by atoms with Gasteiger partial charge in [-0.3, -0.25) is 4.79 Å². The predicted molar refractivity (Wildman–Crippen MR) is 60.9 cm³/mol. The van der Waals surface area contributed by atoms with Crippen LogP contribution in [-0.4, -0.2) is 11.9 Å². The third kappa shape index (κ3) is 2.16. The summed E-state index contributed by atoms with van der Waals surface area (Å²) in [7, 11) is 0. The Bertz CT molecular complexity index is 481. The van der Waals surface area contributed by atoms with E-state index < -0.39 is 0 Å². The fourth-order valence-electron chi connectivity index (χ4n) is 1.44. The van der Waals surface area contributed by atoms with Crippen molar-refractivity contribution in [1.29, 1.82) is 5.26 Å². The van der Waals surface area contributed by atoms with Gasteiger partial charge in [-0.15, -0.1) is 0 Å². The number of nitrogens with two attached hydrogens (primary N) is 1. The van der Waals surface area contributed by atoms with Gasteiger partial charge in [-0.1, -0.05) is 11.6 Å². The molecule has 16 heavy (non-hydrogen) atoms. The van der Waals surface area contributed by atoms with E-state index in [-0.39, 0.29) is 17.9 Å². The van der Waals surface area contributed by atoms with Crippen LogP contribution in [-0.2, 0) is 4.79 Å². The van der Waals surface area contributed by atoms with E-state index in [1.807, 2.05) is 6.07 Å². The van der Waals surface area contributed by atoms with E-state index >= 15 is 0 Å². The molecule has 1 aliphatic carbocycles. The van der Waals surface area contributed by atoms with Gasteiger partial charge in [0.05, 0.1) is 16.5 Å². The van der Waals surface area contributed by atoms with E-state index in [0.717, 1.165) is 6.42 Å². The average molecular weight is 236 g/mol. The zero-order valence-corrected chi connectivity index (χ0v) is 9.16. The molecule has 3 N–H and O–H groups in total. The van der Waals surface area contributed by atoms with E-state index in [1.54, 1.807) is 18.2 Å². The Labute approximate surface area is 98.0 Å². The van der Waals surface area contributed by atoms with Crippen LogP contribution in [0.1, 0.15) is 12.0 Å². The number of halogens is 1. The summed E-state index contributed by atoms with van der Waals surface area (Å²) in [6.45, 7) is 0. The molecule has 1 aromatic carbocycles. The van der Waals surface area contributed by atoms with Crippen LogP contribution in [0.25, 0.3) is 0 Å². The van der Waals surface area contributed by atoms with Crippen LogP contribution < -0.4 is 11.1 Å². The highest BCUT2D eigenvalue weighted by Crippen LogP contribution is 2.29. The van der Waals surface area contributed by atoms with E-state index in [9.17, 15) is 4.79 Å². The first-order valence-corrected chi connectivity index (χ1v) is 5.25. The van der Waals surface area contributed by atoms with E-state index in [0.29, 0.717) is 16.3 Å². The number of hydrogen-bond acceptors (Lipinski definition) is 3. The Morgan fingerprint density at radius 3 is 2.88 bits per heavy atom. The highest BCUT2D eigenvalue weighted by Gasteiger charge is 2.39. The standard InChI is InChI=1S/C11H10ClN3O/c12-9-2-1-7(3-6(9)5-13)15-11(16)8-4-10(8)14/h1-3,8,10H,4,14H2,(H,15,16). The molecule has 1 saturated carbocycles. The summed E-state index contributed by atoms with van der Waals surface area (Å²) in [5.74, 6) is -0.195. The van der Waals surface area contributed by atoms with Crippen LogP contribution in [0.5, 0.6) is 0 Å². The monoisotopic (exact) mass is 235 g/mol. The van der Waals surface area contributed by atoms with Crippen molar-refractivity contribution in [3.8, 4) is 6.07 Å². The van der Waals surface area contributed by atoms with Crippen molar-refractivity contribution in [2.24, 2.45) is 11.7 Å². The lowest BCUT2D eigenvalue weighted by molar-refractivity contribution is -0.117. The number of carbonyl (C=O) groups excluding carboxylic acids is 1. The van der Waals surface area contributed by atoms with E-state index in [4.69, 9.17) is 22.6 Å². The second-order valence-corrected chi connectivity index (χ2v) is 4.21. The van der Waals surface area contributed by atoms with E-state index in [1.165, 1.54) is 0 Å². The maximum Gasteiger partial charge on any atom is 0.229 e. The first kappa shape index (κ1) is 10.9. The lowest BCUT2D eigenvalue weighted by Crippen LogP contribution is -2.18. The number of rotatable bonds is 2. The molecule has 1 aliphatic rings. The van der Waals surface area contributed by atoms with Crippen molar-refractivity contribution in [1.82, 2.24) is 0 Å². The van der Waals surface area contributed by atoms with Crippen molar-refractivity contribution in [2.75, 3.05) is 5.32 Å². The summed E-state index contributed by atoms with van der Waals surface area (Å²) in [6, 6.07) is 6.73. The van der Waals surface area contributed by atoms with Gasteiger partial charge in [0.2, 0.25) is 5.91 Å². The maximum atomic E-state index is 11.6. The summed E-state index contributed by atoms with van der Waals surface area (Å²) in [4.78, 5) is 11.6. The number of nitrogens with one attached hydrogen (secondary N) is 1. The number of nitriles is 1. The van der Waals surface area contributed by atoms with Crippen molar-refractivity contribution < 1.29 is 4.79 Å². The number of anilines is 1. The molecule has 1 amide bonds. The summed E-state index contributed by atoms with van der Waals surface area (Å²) in [5, 5.41) is 11.9. The normalized spacial score (nSPS) is 22.3. The van der Waals surface area contributed by atoms with E-state index in [2.05, 4.69) is 5.32 Å². The van der Waals surface area contributed by atoms with Gasteiger partial charge in [0.15, 0.2) is 0 Å². The molecule has 1 fully saturated rings. The highest BCUT2D eigenvalue weighted by molar-refractivity contribution is 6.31.